The van der Waals surface area contributed by atoms with Gasteiger partial charge in [-0.25, -0.2) is 0 Å². The lowest BCUT2D eigenvalue weighted by atomic mass is 9.98. The minimum atomic E-state index is -1.26. The Morgan fingerprint density at radius 2 is 0.970 bits per heavy atom. The maximum atomic E-state index is 10.7. The molecule has 0 amide bonds. The summed E-state index contributed by atoms with van der Waals surface area (Å²) in [5.74, 6) is 0. The van der Waals surface area contributed by atoms with E-state index in [4.69, 9.17) is 18.9 Å². The molecule has 6 heteroatoms. The van der Waals surface area contributed by atoms with Crippen LogP contribution < -0.4 is 0 Å². The fourth-order valence-corrected chi connectivity index (χ4v) is 3.91. The summed E-state index contributed by atoms with van der Waals surface area (Å²) in [4.78, 5) is 0. The molecule has 1 fully saturated rings. The Morgan fingerprint density at radius 3 is 1.39 bits per heavy atom. The molecule has 0 aliphatic carbocycles. The molecule has 6 nitrogen and oxygen atoms in total. The van der Waals surface area contributed by atoms with Gasteiger partial charge in [-0.3, -0.25) is 0 Å². The van der Waals surface area contributed by atoms with Gasteiger partial charge in [0.25, 0.3) is 0 Å². The molecule has 0 saturated carbocycles. The molecule has 0 spiro atoms. The first-order valence-electron chi connectivity index (χ1n) is 11.2. The van der Waals surface area contributed by atoms with E-state index in [1.807, 2.05) is 91.0 Å². The molecule has 5 atom stereocenters. The van der Waals surface area contributed by atoms with Gasteiger partial charge in [0.2, 0.25) is 0 Å². The zero-order valence-electron chi connectivity index (χ0n) is 18.4. The largest absolute Gasteiger partial charge is 0.394 e. The molecule has 0 bridgehead atoms. The molecule has 1 aliphatic heterocycles. The molecule has 3 aromatic carbocycles. The fraction of sp³-hybridized carbons (Fsp3) is 0.333. The van der Waals surface area contributed by atoms with Gasteiger partial charge in [-0.2, -0.15) is 0 Å². The van der Waals surface area contributed by atoms with Crippen molar-refractivity contribution in [2.24, 2.45) is 0 Å². The van der Waals surface area contributed by atoms with Gasteiger partial charge >= 0.3 is 0 Å². The van der Waals surface area contributed by atoms with Crippen LogP contribution in [0.2, 0.25) is 0 Å². The van der Waals surface area contributed by atoms with Crippen LogP contribution in [0.5, 0.6) is 0 Å². The molecule has 1 aliphatic rings. The number of hydrogen-bond donors (Lipinski definition) is 2. The van der Waals surface area contributed by atoms with Crippen LogP contribution in [-0.2, 0) is 38.8 Å². The Kier molecular flexibility index (Phi) is 8.60. The van der Waals surface area contributed by atoms with E-state index in [1.165, 1.54) is 0 Å². The van der Waals surface area contributed by atoms with Gasteiger partial charge in [-0.15, -0.1) is 0 Å². The summed E-state index contributed by atoms with van der Waals surface area (Å²) < 4.78 is 24.3. The molecule has 33 heavy (non-hydrogen) atoms. The standard InChI is InChI=1S/C27H30O6/c28-16-23-24(30-17-20-10-4-1-5-11-20)25(31-18-21-12-6-2-7-13-21)26(27(29)33-23)32-19-22-14-8-3-9-15-22/h1-15,23-29H,16-19H2/t23-,24+,25+,26-,27-/m1/s1. The summed E-state index contributed by atoms with van der Waals surface area (Å²) in [6.07, 6.45) is -4.09. The second-order valence-electron chi connectivity index (χ2n) is 8.03. The van der Waals surface area contributed by atoms with Gasteiger partial charge < -0.3 is 29.2 Å². The minimum Gasteiger partial charge on any atom is -0.394 e. The van der Waals surface area contributed by atoms with Crippen molar-refractivity contribution in [2.45, 2.75) is 50.5 Å². The smallest absolute Gasteiger partial charge is 0.184 e. The highest BCUT2D eigenvalue weighted by Crippen LogP contribution is 2.29. The van der Waals surface area contributed by atoms with Crippen LogP contribution in [0, 0.1) is 0 Å². The highest BCUT2D eigenvalue weighted by molar-refractivity contribution is 5.15. The van der Waals surface area contributed by atoms with E-state index in [1.54, 1.807) is 0 Å². The molecule has 1 saturated heterocycles. The summed E-state index contributed by atoms with van der Waals surface area (Å²) in [6, 6.07) is 29.3. The Hall–Kier alpha value is -2.58. The maximum absolute atomic E-state index is 10.7. The van der Waals surface area contributed by atoms with E-state index >= 15 is 0 Å². The lowest BCUT2D eigenvalue weighted by molar-refractivity contribution is -0.315. The monoisotopic (exact) mass is 450 g/mol. The van der Waals surface area contributed by atoms with Gasteiger partial charge in [-0.1, -0.05) is 91.0 Å². The first kappa shape index (κ1) is 23.6. The van der Waals surface area contributed by atoms with E-state index in [2.05, 4.69) is 0 Å². The molecular weight excluding hydrogens is 420 g/mol. The highest BCUT2D eigenvalue weighted by Gasteiger charge is 2.47. The molecular formula is C27H30O6. The Balaban J connectivity index is 1.53. The van der Waals surface area contributed by atoms with Crippen molar-refractivity contribution >= 4 is 0 Å². The Bertz CT molecular complexity index is 937. The zero-order chi connectivity index (χ0) is 22.9. The van der Waals surface area contributed by atoms with Crippen LogP contribution in [0.4, 0.5) is 0 Å². The van der Waals surface area contributed by atoms with Crippen molar-refractivity contribution in [1.82, 2.24) is 0 Å². The summed E-state index contributed by atoms with van der Waals surface area (Å²) in [5, 5.41) is 20.7. The Labute approximate surface area is 194 Å². The third kappa shape index (κ3) is 6.48. The first-order valence-corrected chi connectivity index (χ1v) is 11.2. The van der Waals surface area contributed by atoms with E-state index < -0.39 is 30.7 Å². The predicted octanol–water partition coefficient (Wildman–Crippen LogP) is 3.45. The molecule has 4 rings (SSSR count). The number of hydrogen-bond acceptors (Lipinski definition) is 6. The molecule has 1 heterocycles. The normalized spacial score (nSPS) is 25.1. The second-order valence-corrected chi connectivity index (χ2v) is 8.03. The molecule has 0 radical (unpaired) electrons. The van der Waals surface area contributed by atoms with Crippen molar-refractivity contribution in [3.63, 3.8) is 0 Å². The van der Waals surface area contributed by atoms with Crippen LogP contribution in [0.1, 0.15) is 16.7 Å². The summed E-state index contributed by atoms with van der Waals surface area (Å²) in [6.45, 7) is 0.601. The third-order valence-corrected chi connectivity index (χ3v) is 5.65. The van der Waals surface area contributed by atoms with Crippen LogP contribution in [0.15, 0.2) is 91.0 Å². The van der Waals surface area contributed by atoms with Gasteiger partial charge in [0, 0.05) is 0 Å². The van der Waals surface area contributed by atoms with Crippen molar-refractivity contribution < 1.29 is 29.2 Å². The third-order valence-electron chi connectivity index (χ3n) is 5.65. The number of rotatable bonds is 10. The van der Waals surface area contributed by atoms with Crippen LogP contribution in [-0.4, -0.2) is 47.5 Å². The van der Waals surface area contributed by atoms with E-state index in [-0.39, 0.29) is 13.2 Å². The number of benzene rings is 3. The number of aliphatic hydroxyl groups is 2. The first-order chi connectivity index (χ1) is 16.2. The Morgan fingerprint density at radius 1 is 0.576 bits per heavy atom. The summed E-state index contributed by atoms with van der Waals surface area (Å²) in [5.41, 5.74) is 2.95. The van der Waals surface area contributed by atoms with Crippen LogP contribution in [0.25, 0.3) is 0 Å². The van der Waals surface area contributed by atoms with E-state index in [0.717, 1.165) is 16.7 Å². The van der Waals surface area contributed by atoms with Crippen molar-refractivity contribution in [1.29, 1.82) is 0 Å². The molecule has 174 valence electrons. The average molecular weight is 451 g/mol. The topological polar surface area (TPSA) is 77.4 Å². The number of ether oxygens (including phenoxy) is 4. The van der Waals surface area contributed by atoms with Gasteiger partial charge in [-0.05, 0) is 16.7 Å². The van der Waals surface area contributed by atoms with Crippen molar-refractivity contribution in [2.75, 3.05) is 6.61 Å². The van der Waals surface area contributed by atoms with E-state index in [0.29, 0.717) is 13.2 Å². The SMILES string of the molecule is OC[C@H]1O[C@@H](O)[C@H](OCc2ccccc2)[C@@H](OCc2ccccc2)[C@H]1OCc1ccccc1. The highest BCUT2D eigenvalue weighted by atomic mass is 16.7. The lowest BCUT2D eigenvalue weighted by Gasteiger charge is -2.44. The van der Waals surface area contributed by atoms with Crippen LogP contribution in [0.3, 0.4) is 0 Å². The van der Waals surface area contributed by atoms with Gasteiger partial charge in [0.1, 0.15) is 24.4 Å². The molecule has 0 aromatic heterocycles. The zero-order valence-corrected chi connectivity index (χ0v) is 18.4. The second kappa shape index (κ2) is 12.0. The maximum Gasteiger partial charge on any atom is 0.184 e. The summed E-state index contributed by atoms with van der Waals surface area (Å²) >= 11 is 0. The van der Waals surface area contributed by atoms with Crippen LogP contribution >= 0.6 is 0 Å². The van der Waals surface area contributed by atoms with E-state index in [9.17, 15) is 10.2 Å². The minimum absolute atomic E-state index is 0.284. The fourth-order valence-electron chi connectivity index (χ4n) is 3.91. The molecule has 0 unspecified atom stereocenters. The van der Waals surface area contributed by atoms with Gasteiger partial charge in [0.05, 0.1) is 26.4 Å². The van der Waals surface area contributed by atoms with Crippen molar-refractivity contribution in [3.8, 4) is 0 Å². The predicted molar refractivity (Wildman–Crippen MR) is 123 cm³/mol. The molecule has 3 aromatic rings. The lowest BCUT2D eigenvalue weighted by Crippen LogP contribution is -2.61. The number of aliphatic hydroxyl groups excluding tert-OH is 2. The quantitative estimate of drug-likeness (QED) is 0.493. The van der Waals surface area contributed by atoms with Crippen molar-refractivity contribution in [3.05, 3.63) is 108 Å². The summed E-state index contributed by atoms with van der Waals surface area (Å²) in [7, 11) is 0. The average Bonchev–Trinajstić information content (AvgIpc) is 2.87. The molecule has 2 N–H and O–H groups in total. The van der Waals surface area contributed by atoms with Gasteiger partial charge in [0.15, 0.2) is 6.29 Å².